The number of imidazole rings is 1. The second kappa shape index (κ2) is 7.75. The van der Waals surface area contributed by atoms with Gasteiger partial charge >= 0.3 is 6.36 Å². The lowest BCUT2D eigenvalue weighted by Crippen LogP contribution is -2.17. The lowest BCUT2D eigenvalue weighted by atomic mass is 10.1. The van der Waals surface area contributed by atoms with Gasteiger partial charge in [0.1, 0.15) is 29.9 Å². The first kappa shape index (κ1) is 21.0. The van der Waals surface area contributed by atoms with Gasteiger partial charge in [-0.05, 0) is 35.9 Å². The van der Waals surface area contributed by atoms with Crippen LogP contribution in [0.25, 0.3) is 28.6 Å². The highest BCUT2D eigenvalue weighted by molar-refractivity contribution is 5.70. The first-order valence-corrected chi connectivity index (χ1v) is 10.3. The Hall–Kier alpha value is -4.55. The smallest absolute Gasteiger partial charge is 0.406 e. The van der Waals surface area contributed by atoms with Gasteiger partial charge in [-0.15, -0.1) is 13.2 Å². The zero-order chi connectivity index (χ0) is 24.2. The molecular formula is C22H13F4N7O2. The molecule has 0 atom stereocenters. The van der Waals surface area contributed by atoms with Gasteiger partial charge in [0.15, 0.2) is 5.82 Å². The summed E-state index contributed by atoms with van der Waals surface area (Å²) in [5.41, 5.74) is 3.05. The molecule has 176 valence electrons. The molecule has 1 aliphatic rings. The molecule has 0 saturated heterocycles. The van der Waals surface area contributed by atoms with Gasteiger partial charge in [0.25, 0.3) is 0 Å². The van der Waals surface area contributed by atoms with Gasteiger partial charge in [0.05, 0.1) is 24.3 Å². The zero-order valence-corrected chi connectivity index (χ0v) is 17.6. The third kappa shape index (κ3) is 3.90. The molecule has 0 N–H and O–H groups in total. The molecule has 0 radical (unpaired) electrons. The maximum Gasteiger partial charge on any atom is 0.573 e. The van der Waals surface area contributed by atoms with Gasteiger partial charge in [0, 0.05) is 5.56 Å². The molecular weight excluding hydrogens is 470 g/mol. The molecule has 2 aromatic carbocycles. The maximum atomic E-state index is 14.0. The number of hydrogen-bond acceptors (Lipinski definition) is 7. The Morgan fingerprint density at radius 2 is 1.89 bits per heavy atom. The van der Waals surface area contributed by atoms with E-state index in [0.717, 1.165) is 0 Å². The fourth-order valence-electron chi connectivity index (χ4n) is 3.95. The van der Waals surface area contributed by atoms with Crippen LogP contribution in [-0.4, -0.2) is 40.8 Å². The second-order valence-electron chi connectivity index (χ2n) is 7.69. The molecule has 13 heteroatoms. The summed E-state index contributed by atoms with van der Waals surface area (Å²) >= 11 is 0. The molecule has 0 unspecified atom stereocenters. The van der Waals surface area contributed by atoms with Crippen LogP contribution < -0.4 is 4.74 Å². The van der Waals surface area contributed by atoms with Crippen LogP contribution in [0.4, 0.5) is 17.6 Å². The van der Waals surface area contributed by atoms with Crippen LogP contribution in [0.15, 0.2) is 59.6 Å². The fourth-order valence-corrected chi connectivity index (χ4v) is 3.95. The minimum atomic E-state index is -4.76. The number of halogens is 4. The van der Waals surface area contributed by atoms with Gasteiger partial charge in [-0.25, -0.2) is 19.0 Å². The average molecular weight is 483 g/mol. The Kier molecular flexibility index (Phi) is 4.65. The molecule has 3 aromatic heterocycles. The Labute approximate surface area is 193 Å². The van der Waals surface area contributed by atoms with E-state index in [9.17, 15) is 17.6 Å². The summed E-state index contributed by atoms with van der Waals surface area (Å²) in [5, 5.41) is 8.28. The molecule has 5 aromatic rings. The highest BCUT2D eigenvalue weighted by Gasteiger charge is 2.31. The van der Waals surface area contributed by atoms with Crippen molar-refractivity contribution in [2.24, 2.45) is 0 Å². The summed E-state index contributed by atoms with van der Waals surface area (Å²) in [6.45, 7) is 0.283. The summed E-state index contributed by atoms with van der Waals surface area (Å²) in [5.74, 6) is 0.284. The summed E-state index contributed by atoms with van der Waals surface area (Å²) in [7, 11) is 0. The Bertz CT molecular complexity index is 1540. The van der Waals surface area contributed by atoms with Gasteiger partial charge in [-0.1, -0.05) is 17.3 Å². The van der Waals surface area contributed by atoms with Crippen molar-refractivity contribution in [2.75, 3.05) is 0 Å². The van der Waals surface area contributed by atoms with Gasteiger partial charge in [-0.2, -0.15) is 10.1 Å². The number of hydrogen-bond donors (Lipinski definition) is 0. The van der Waals surface area contributed by atoms with Crippen molar-refractivity contribution in [3.05, 3.63) is 78.1 Å². The number of aromatic nitrogens is 7. The van der Waals surface area contributed by atoms with E-state index in [1.165, 1.54) is 42.7 Å². The highest BCUT2D eigenvalue weighted by atomic mass is 19.4. The van der Waals surface area contributed by atoms with Crippen LogP contribution in [0.1, 0.15) is 17.1 Å². The van der Waals surface area contributed by atoms with Crippen LogP contribution >= 0.6 is 0 Å². The number of fused-ring (bicyclic) bond motifs is 5. The lowest BCUT2D eigenvalue weighted by Gasteiger charge is -2.08. The topological polar surface area (TPSA) is 96.7 Å². The van der Waals surface area contributed by atoms with E-state index in [1.807, 2.05) is 0 Å². The standard InChI is InChI=1S/C22H13F4N7O2/c23-13-3-6-16-15(8-13)21-27-10-29-33(21)9-17-19(28-11-32(16)17)20-30-18(35-31-20)7-12-1-4-14(5-2-12)34-22(24,25)26/h1-6,8,10-11H,7,9H2. The van der Waals surface area contributed by atoms with Crippen molar-refractivity contribution >= 4 is 0 Å². The van der Waals surface area contributed by atoms with Crippen LogP contribution in [-0.2, 0) is 13.0 Å². The van der Waals surface area contributed by atoms with Gasteiger partial charge < -0.3 is 9.26 Å². The fraction of sp³-hybridized carbons (Fsp3) is 0.136. The second-order valence-corrected chi connectivity index (χ2v) is 7.69. The van der Waals surface area contributed by atoms with E-state index in [4.69, 9.17) is 4.52 Å². The average Bonchev–Trinajstić information content (AvgIpc) is 3.53. The van der Waals surface area contributed by atoms with Crippen molar-refractivity contribution in [3.63, 3.8) is 0 Å². The van der Waals surface area contributed by atoms with Crippen LogP contribution in [0.2, 0.25) is 0 Å². The lowest BCUT2D eigenvalue weighted by molar-refractivity contribution is -0.274. The SMILES string of the molecule is Fc1ccc2c(c1)-c1ncnn1Cc1c(-c3noc(Cc4ccc(OC(F)(F)F)cc4)n3)ncn1-2. The molecule has 9 nitrogen and oxygen atoms in total. The van der Waals surface area contributed by atoms with Crippen LogP contribution in [0.3, 0.4) is 0 Å². The zero-order valence-electron chi connectivity index (χ0n) is 17.6. The van der Waals surface area contributed by atoms with Crippen molar-refractivity contribution in [1.82, 2.24) is 34.5 Å². The summed E-state index contributed by atoms with van der Waals surface area (Å²) in [6, 6.07) is 9.77. The Balaban J connectivity index is 1.31. The van der Waals surface area contributed by atoms with Gasteiger partial charge in [-0.3, -0.25) is 4.57 Å². The van der Waals surface area contributed by atoms with E-state index in [-0.39, 0.29) is 30.4 Å². The number of alkyl halides is 3. The van der Waals surface area contributed by atoms with E-state index in [2.05, 4.69) is 29.9 Å². The van der Waals surface area contributed by atoms with Crippen molar-refractivity contribution in [3.8, 4) is 34.3 Å². The maximum absolute atomic E-state index is 14.0. The van der Waals surface area contributed by atoms with Crippen molar-refractivity contribution in [2.45, 2.75) is 19.3 Å². The predicted octanol–water partition coefficient (Wildman–Crippen LogP) is 4.17. The molecule has 0 fully saturated rings. The molecule has 0 aliphatic carbocycles. The first-order chi connectivity index (χ1) is 16.8. The van der Waals surface area contributed by atoms with Crippen LogP contribution in [0.5, 0.6) is 5.75 Å². The quantitative estimate of drug-likeness (QED) is 0.347. The summed E-state index contributed by atoms with van der Waals surface area (Å²) in [4.78, 5) is 13.1. The largest absolute Gasteiger partial charge is 0.573 e. The van der Waals surface area contributed by atoms with E-state index >= 15 is 0 Å². The molecule has 0 saturated carbocycles. The molecule has 0 bridgehead atoms. The molecule has 0 spiro atoms. The minimum absolute atomic E-state index is 0.199. The molecule has 1 aliphatic heterocycles. The Morgan fingerprint density at radius 1 is 1.06 bits per heavy atom. The van der Waals surface area contributed by atoms with E-state index in [0.29, 0.717) is 34.0 Å². The monoisotopic (exact) mass is 483 g/mol. The van der Waals surface area contributed by atoms with E-state index < -0.39 is 12.2 Å². The Morgan fingerprint density at radius 3 is 2.69 bits per heavy atom. The molecule has 4 heterocycles. The van der Waals surface area contributed by atoms with E-state index in [1.54, 1.807) is 21.6 Å². The summed E-state index contributed by atoms with van der Waals surface area (Å²) < 4.78 is 63.7. The summed E-state index contributed by atoms with van der Waals surface area (Å²) in [6.07, 6.45) is -1.58. The first-order valence-electron chi connectivity index (χ1n) is 10.3. The number of rotatable bonds is 4. The van der Waals surface area contributed by atoms with Gasteiger partial charge in [0.2, 0.25) is 11.7 Å². The number of ether oxygens (including phenoxy) is 1. The minimum Gasteiger partial charge on any atom is -0.406 e. The highest BCUT2D eigenvalue weighted by Crippen LogP contribution is 2.34. The van der Waals surface area contributed by atoms with Crippen molar-refractivity contribution < 1.29 is 26.8 Å². The third-order valence-electron chi connectivity index (χ3n) is 5.43. The number of nitrogens with zero attached hydrogens (tertiary/aromatic N) is 7. The number of benzene rings is 2. The predicted molar refractivity (Wildman–Crippen MR) is 111 cm³/mol. The normalized spacial score (nSPS) is 12.6. The molecule has 0 amide bonds. The van der Waals surface area contributed by atoms with Crippen molar-refractivity contribution in [1.29, 1.82) is 0 Å². The molecule has 6 rings (SSSR count). The third-order valence-corrected chi connectivity index (χ3v) is 5.43. The molecule has 35 heavy (non-hydrogen) atoms. The van der Waals surface area contributed by atoms with Crippen LogP contribution in [0, 0.1) is 5.82 Å².